The number of anilines is 1. The van der Waals surface area contributed by atoms with E-state index in [1.54, 1.807) is 6.21 Å². The van der Waals surface area contributed by atoms with Gasteiger partial charge in [0, 0.05) is 18.8 Å². The van der Waals surface area contributed by atoms with Crippen molar-refractivity contribution in [3.8, 4) is 0 Å². The minimum atomic E-state index is -0.368. The summed E-state index contributed by atoms with van der Waals surface area (Å²) in [4.78, 5) is 25.8. The molecule has 0 saturated heterocycles. The Hall–Kier alpha value is -3.15. The summed E-state index contributed by atoms with van der Waals surface area (Å²) < 4.78 is 0. The smallest absolute Gasteiger partial charge is 0.259 e. The number of hydrogen-bond acceptors (Lipinski definition) is 4. The number of hydrogen-bond donors (Lipinski definition) is 2. The lowest BCUT2D eigenvalue weighted by Crippen LogP contribution is -2.35. The van der Waals surface area contributed by atoms with Gasteiger partial charge in [-0.15, -0.1) is 0 Å². The maximum absolute atomic E-state index is 11.8. The molecular weight excluding hydrogens is 340 g/mol. The van der Waals surface area contributed by atoms with Crippen LogP contribution in [-0.4, -0.2) is 37.7 Å². The van der Waals surface area contributed by atoms with Crippen molar-refractivity contribution in [2.45, 2.75) is 20.3 Å². The molecule has 0 spiro atoms. The highest BCUT2D eigenvalue weighted by Gasteiger charge is 2.05. The van der Waals surface area contributed by atoms with E-state index < -0.39 is 0 Å². The molecule has 6 heteroatoms. The number of nitrogens with zero attached hydrogens (tertiary/aromatic N) is 2. The first-order chi connectivity index (χ1) is 13.1. The van der Waals surface area contributed by atoms with Crippen LogP contribution in [0.25, 0.3) is 0 Å². The van der Waals surface area contributed by atoms with E-state index in [1.165, 1.54) is 0 Å². The minimum absolute atomic E-state index is 0.107. The molecule has 0 aliphatic carbocycles. The highest BCUT2D eigenvalue weighted by atomic mass is 16.2. The van der Waals surface area contributed by atoms with Gasteiger partial charge in [0.05, 0.1) is 19.2 Å². The summed E-state index contributed by atoms with van der Waals surface area (Å²) in [5, 5.41) is 6.51. The van der Waals surface area contributed by atoms with Crippen molar-refractivity contribution in [3.63, 3.8) is 0 Å². The van der Waals surface area contributed by atoms with Gasteiger partial charge in [-0.2, -0.15) is 5.10 Å². The van der Waals surface area contributed by atoms with Gasteiger partial charge in [-0.25, -0.2) is 5.43 Å². The van der Waals surface area contributed by atoms with Gasteiger partial charge in [0.25, 0.3) is 5.91 Å². The summed E-state index contributed by atoms with van der Waals surface area (Å²) in [6.07, 6.45) is 1.83. The highest BCUT2D eigenvalue weighted by molar-refractivity contribution is 5.87. The Balaban J connectivity index is 1.74. The van der Waals surface area contributed by atoms with Crippen molar-refractivity contribution in [3.05, 3.63) is 65.7 Å². The normalized spacial score (nSPS) is 10.6. The van der Waals surface area contributed by atoms with Crippen molar-refractivity contribution in [1.82, 2.24) is 10.7 Å². The Morgan fingerprint density at radius 3 is 2.26 bits per heavy atom. The molecule has 2 rings (SSSR count). The zero-order valence-electron chi connectivity index (χ0n) is 15.8. The van der Waals surface area contributed by atoms with E-state index >= 15 is 0 Å². The molecule has 0 fully saturated rings. The summed E-state index contributed by atoms with van der Waals surface area (Å²) in [6, 6.07) is 17.3. The van der Waals surface area contributed by atoms with E-state index in [4.69, 9.17) is 0 Å². The van der Waals surface area contributed by atoms with E-state index in [9.17, 15) is 9.59 Å². The van der Waals surface area contributed by atoms with Gasteiger partial charge in [0.2, 0.25) is 5.91 Å². The molecule has 0 saturated carbocycles. The number of carbonyl (C=O) groups is 2. The fourth-order valence-corrected chi connectivity index (χ4v) is 2.60. The Kier molecular flexibility index (Phi) is 8.03. The molecule has 0 aliphatic rings. The van der Waals surface area contributed by atoms with E-state index in [2.05, 4.69) is 34.6 Å². The molecule has 0 atom stereocenters. The van der Waals surface area contributed by atoms with Gasteiger partial charge in [0.15, 0.2) is 0 Å². The first-order valence-electron chi connectivity index (χ1n) is 9.10. The number of amides is 2. The zero-order valence-corrected chi connectivity index (χ0v) is 15.8. The quantitative estimate of drug-likeness (QED) is 0.528. The predicted octanol–water partition coefficient (Wildman–Crippen LogP) is 2.34. The van der Waals surface area contributed by atoms with Gasteiger partial charge >= 0.3 is 0 Å². The van der Waals surface area contributed by atoms with Crippen LogP contribution in [0.15, 0.2) is 59.7 Å². The maximum Gasteiger partial charge on any atom is 0.259 e. The van der Waals surface area contributed by atoms with Gasteiger partial charge in [-0.3, -0.25) is 9.59 Å². The molecule has 2 aromatic carbocycles. The van der Waals surface area contributed by atoms with Crippen molar-refractivity contribution in [2.24, 2.45) is 5.10 Å². The molecular formula is C21H26N4O2. The average molecular weight is 366 g/mol. The van der Waals surface area contributed by atoms with Crippen LogP contribution in [-0.2, 0) is 16.0 Å². The lowest BCUT2D eigenvalue weighted by molar-refractivity contribution is -0.125. The first kappa shape index (κ1) is 20.2. The van der Waals surface area contributed by atoms with E-state index in [0.717, 1.165) is 29.9 Å². The standard InChI is InChI=1S/C21H26N4O2/c1-3-25(4-2)19-12-10-18(11-13-19)15-23-24-21(27)16-22-20(26)14-17-8-6-5-7-9-17/h5-13,15H,3-4,14,16H2,1-2H3,(H,22,26)(H,24,27)/b23-15+. The largest absolute Gasteiger partial charge is 0.372 e. The van der Waals surface area contributed by atoms with Crippen molar-refractivity contribution in [2.75, 3.05) is 24.5 Å². The van der Waals surface area contributed by atoms with Crippen LogP contribution in [0.2, 0.25) is 0 Å². The molecule has 0 radical (unpaired) electrons. The third kappa shape index (κ3) is 6.93. The summed E-state index contributed by atoms with van der Waals surface area (Å²) >= 11 is 0. The molecule has 2 aromatic rings. The monoisotopic (exact) mass is 366 g/mol. The zero-order chi connectivity index (χ0) is 19.5. The van der Waals surface area contributed by atoms with Crippen molar-refractivity contribution < 1.29 is 9.59 Å². The van der Waals surface area contributed by atoms with Gasteiger partial charge in [-0.05, 0) is 37.1 Å². The molecule has 0 bridgehead atoms. The number of rotatable bonds is 9. The average Bonchev–Trinajstić information content (AvgIpc) is 2.69. The second-order valence-electron chi connectivity index (χ2n) is 6.00. The van der Waals surface area contributed by atoms with E-state index in [-0.39, 0.29) is 24.8 Å². The number of benzene rings is 2. The number of hydrazone groups is 1. The summed E-state index contributed by atoms with van der Waals surface area (Å²) in [5.74, 6) is -0.570. The van der Waals surface area contributed by atoms with Crippen LogP contribution < -0.4 is 15.6 Å². The van der Waals surface area contributed by atoms with Gasteiger partial charge in [0.1, 0.15) is 0 Å². The Labute approximate surface area is 160 Å². The second kappa shape index (κ2) is 10.8. The fourth-order valence-electron chi connectivity index (χ4n) is 2.60. The molecule has 0 heterocycles. The fraction of sp³-hybridized carbons (Fsp3) is 0.286. The van der Waals surface area contributed by atoms with Crippen LogP contribution in [0.1, 0.15) is 25.0 Å². The van der Waals surface area contributed by atoms with Crippen LogP contribution in [0.5, 0.6) is 0 Å². The number of nitrogens with one attached hydrogen (secondary N) is 2. The van der Waals surface area contributed by atoms with Gasteiger partial charge in [-0.1, -0.05) is 42.5 Å². The summed E-state index contributed by atoms with van der Waals surface area (Å²) in [7, 11) is 0. The molecule has 27 heavy (non-hydrogen) atoms. The van der Waals surface area contributed by atoms with Gasteiger partial charge < -0.3 is 10.2 Å². The molecule has 6 nitrogen and oxygen atoms in total. The Bertz CT molecular complexity index is 754. The van der Waals surface area contributed by atoms with E-state index in [0.29, 0.717) is 0 Å². The summed E-state index contributed by atoms with van der Waals surface area (Å²) in [5.41, 5.74) is 5.36. The van der Waals surface area contributed by atoms with E-state index in [1.807, 2.05) is 54.6 Å². The third-order valence-electron chi connectivity index (χ3n) is 4.08. The second-order valence-corrected chi connectivity index (χ2v) is 6.00. The van der Waals surface area contributed by atoms with Crippen LogP contribution in [0.3, 0.4) is 0 Å². The number of carbonyl (C=O) groups excluding carboxylic acids is 2. The Morgan fingerprint density at radius 2 is 1.63 bits per heavy atom. The summed E-state index contributed by atoms with van der Waals surface area (Å²) in [6.45, 7) is 6.04. The highest BCUT2D eigenvalue weighted by Crippen LogP contribution is 2.13. The molecule has 2 N–H and O–H groups in total. The van der Waals surface area contributed by atoms with Crippen LogP contribution >= 0.6 is 0 Å². The predicted molar refractivity (Wildman–Crippen MR) is 109 cm³/mol. The Morgan fingerprint density at radius 1 is 0.963 bits per heavy atom. The third-order valence-corrected chi connectivity index (χ3v) is 4.08. The first-order valence-corrected chi connectivity index (χ1v) is 9.10. The van der Waals surface area contributed by atoms with Crippen LogP contribution in [0.4, 0.5) is 5.69 Å². The lowest BCUT2D eigenvalue weighted by Gasteiger charge is -2.20. The molecule has 0 aromatic heterocycles. The SMILES string of the molecule is CCN(CC)c1ccc(/C=N/NC(=O)CNC(=O)Cc2ccccc2)cc1. The molecule has 0 unspecified atom stereocenters. The van der Waals surface area contributed by atoms with Crippen molar-refractivity contribution in [1.29, 1.82) is 0 Å². The molecule has 2 amide bonds. The minimum Gasteiger partial charge on any atom is -0.372 e. The van der Waals surface area contributed by atoms with Crippen molar-refractivity contribution >= 4 is 23.7 Å². The molecule has 142 valence electrons. The molecule has 0 aliphatic heterocycles. The topological polar surface area (TPSA) is 73.8 Å². The van der Waals surface area contributed by atoms with Crippen LogP contribution in [0, 0.1) is 0 Å². The lowest BCUT2D eigenvalue weighted by atomic mass is 10.1. The maximum atomic E-state index is 11.8.